The van der Waals surface area contributed by atoms with Gasteiger partial charge in [0.1, 0.15) is 0 Å². The van der Waals surface area contributed by atoms with E-state index >= 15 is 0 Å². The van der Waals surface area contributed by atoms with Crippen LogP contribution in [0.5, 0.6) is 0 Å². The number of nitrogens with zero attached hydrogens (tertiary/aromatic N) is 2. The van der Waals surface area contributed by atoms with Crippen LogP contribution in [0.25, 0.3) is 0 Å². The van der Waals surface area contributed by atoms with E-state index in [4.69, 9.17) is 5.73 Å². The van der Waals surface area contributed by atoms with E-state index < -0.39 is 6.04 Å². The first-order chi connectivity index (χ1) is 7.43. The fraction of sp³-hybridized carbons (Fsp3) is 0.818. The number of amides is 2. The van der Waals surface area contributed by atoms with Gasteiger partial charge in [0.15, 0.2) is 0 Å². The van der Waals surface area contributed by atoms with Crippen LogP contribution in [0.4, 0.5) is 0 Å². The van der Waals surface area contributed by atoms with Gasteiger partial charge in [0.25, 0.3) is 0 Å². The molecule has 0 unspecified atom stereocenters. The topological polar surface area (TPSA) is 66.6 Å². The first kappa shape index (κ1) is 13.0. The van der Waals surface area contributed by atoms with Crippen molar-refractivity contribution in [2.45, 2.75) is 25.8 Å². The molecule has 0 saturated carbocycles. The van der Waals surface area contributed by atoms with Crippen molar-refractivity contribution in [2.24, 2.45) is 11.7 Å². The summed E-state index contributed by atoms with van der Waals surface area (Å²) < 4.78 is 0. The molecule has 2 amide bonds. The first-order valence-electron chi connectivity index (χ1n) is 5.69. The number of carbonyl (C=O) groups excluding carboxylic acids is 2. The van der Waals surface area contributed by atoms with Gasteiger partial charge < -0.3 is 15.5 Å². The summed E-state index contributed by atoms with van der Waals surface area (Å²) in [6.45, 7) is 2.98. The fourth-order valence-electron chi connectivity index (χ4n) is 2.00. The lowest BCUT2D eigenvalue weighted by Gasteiger charge is -2.33. The molecule has 0 bridgehead atoms. The number of nitrogens with two attached hydrogens (primary N) is 1. The molecule has 1 aliphatic rings. The molecule has 0 aliphatic carbocycles. The summed E-state index contributed by atoms with van der Waals surface area (Å²) in [5, 5.41) is 0. The Labute approximate surface area is 96.6 Å². The number of hydrogen-bond acceptors (Lipinski definition) is 3. The molecule has 0 aromatic heterocycles. The smallest absolute Gasteiger partial charge is 0.239 e. The molecule has 0 spiro atoms. The molecule has 1 saturated heterocycles. The van der Waals surface area contributed by atoms with Crippen LogP contribution in [0.15, 0.2) is 0 Å². The minimum absolute atomic E-state index is 0.0178. The van der Waals surface area contributed by atoms with Crippen LogP contribution in [0.2, 0.25) is 0 Å². The summed E-state index contributed by atoms with van der Waals surface area (Å²) >= 11 is 0. The minimum Gasteiger partial charge on any atom is -0.349 e. The predicted molar refractivity (Wildman–Crippen MR) is 61.6 cm³/mol. The van der Waals surface area contributed by atoms with Crippen LogP contribution in [-0.2, 0) is 9.59 Å². The van der Waals surface area contributed by atoms with Gasteiger partial charge in [-0.1, -0.05) is 0 Å². The highest BCUT2D eigenvalue weighted by molar-refractivity contribution is 5.82. The molecular weight excluding hydrogens is 206 g/mol. The highest BCUT2D eigenvalue weighted by Gasteiger charge is 2.28. The highest BCUT2D eigenvalue weighted by Crippen LogP contribution is 2.19. The molecule has 0 radical (unpaired) electrons. The average Bonchev–Trinajstić information content (AvgIpc) is 2.27. The van der Waals surface area contributed by atoms with Crippen LogP contribution >= 0.6 is 0 Å². The summed E-state index contributed by atoms with van der Waals surface area (Å²) in [5.74, 6) is 0.204. The van der Waals surface area contributed by atoms with Crippen LogP contribution in [0.1, 0.15) is 19.8 Å². The SMILES string of the molecule is C[C@H](N)C(=O)N1CCC(C(=O)N(C)C)CC1. The van der Waals surface area contributed by atoms with Gasteiger partial charge >= 0.3 is 0 Å². The first-order valence-corrected chi connectivity index (χ1v) is 5.69. The molecule has 2 N–H and O–H groups in total. The molecule has 92 valence electrons. The number of piperidine rings is 1. The quantitative estimate of drug-likeness (QED) is 0.702. The zero-order valence-corrected chi connectivity index (χ0v) is 10.3. The predicted octanol–water partition coefficient (Wildman–Crippen LogP) is -0.340. The van der Waals surface area contributed by atoms with Gasteiger partial charge in [-0.2, -0.15) is 0 Å². The second kappa shape index (κ2) is 5.30. The van der Waals surface area contributed by atoms with E-state index in [1.807, 2.05) is 0 Å². The van der Waals surface area contributed by atoms with Gasteiger partial charge in [0.2, 0.25) is 11.8 Å². The van der Waals surface area contributed by atoms with E-state index in [2.05, 4.69) is 0 Å². The van der Waals surface area contributed by atoms with Crippen molar-refractivity contribution < 1.29 is 9.59 Å². The van der Waals surface area contributed by atoms with Crippen molar-refractivity contribution in [1.82, 2.24) is 9.80 Å². The third kappa shape index (κ3) is 2.95. The average molecular weight is 227 g/mol. The second-order valence-corrected chi connectivity index (χ2v) is 4.62. The Morgan fingerprint density at radius 3 is 2.19 bits per heavy atom. The molecule has 5 nitrogen and oxygen atoms in total. The second-order valence-electron chi connectivity index (χ2n) is 4.62. The lowest BCUT2D eigenvalue weighted by Crippen LogP contribution is -2.47. The maximum absolute atomic E-state index is 11.7. The van der Waals surface area contributed by atoms with E-state index in [1.54, 1.807) is 30.8 Å². The van der Waals surface area contributed by atoms with Gasteiger partial charge in [-0.05, 0) is 19.8 Å². The van der Waals surface area contributed by atoms with Crippen molar-refractivity contribution in [2.75, 3.05) is 27.2 Å². The van der Waals surface area contributed by atoms with E-state index in [1.165, 1.54) is 0 Å². The summed E-state index contributed by atoms with van der Waals surface area (Å²) in [6, 6.07) is -0.443. The van der Waals surface area contributed by atoms with Gasteiger partial charge in [-0.25, -0.2) is 0 Å². The van der Waals surface area contributed by atoms with Crippen molar-refractivity contribution >= 4 is 11.8 Å². The maximum Gasteiger partial charge on any atom is 0.239 e. The van der Waals surface area contributed by atoms with Gasteiger partial charge in [0, 0.05) is 33.1 Å². The largest absolute Gasteiger partial charge is 0.349 e. The molecule has 1 aliphatic heterocycles. The monoisotopic (exact) mass is 227 g/mol. The van der Waals surface area contributed by atoms with Crippen LogP contribution in [0.3, 0.4) is 0 Å². The number of carbonyl (C=O) groups is 2. The zero-order chi connectivity index (χ0) is 12.3. The molecule has 1 atom stereocenters. The van der Waals surface area contributed by atoms with Crippen LogP contribution in [0, 0.1) is 5.92 Å². The zero-order valence-electron chi connectivity index (χ0n) is 10.3. The number of rotatable bonds is 2. The van der Waals surface area contributed by atoms with Crippen molar-refractivity contribution in [3.8, 4) is 0 Å². The van der Waals surface area contributed by atoms with Crippen molar-refractivity contribution in [3.63, 3.8) is 0 Å². The van der Waals surface area contributed by atoms with Gasteiger partial charge in [-0.3, -0.25) is 9.59 Å². The molecule has 0 aromatic carbocycles. The van der Waals surface area contributed by atoms with Crippen molar-refractivity contribution in [1.29, 1.82) is 0 Å². The summed E-state index contributed by atoms with van der Waals surface area (Å²) in [6.07, 6.45) is 1.49. The van der Waals surface area contributed by atoms with Gasteiger partial charge in [-0.15, -0.1) is 0 Å². The summed E-state index contributed by atoms with van der Waals surface area (Å²) in [7, 11) is 3.53. The molecular formula is C11H21N3O2. The standard InChI is InChI=1S/C11H21N3O2/c1-8(12)10(15)14-6-4-9(5-7-14)11(16)13(2)3/h8-9H,4-7,12H2,1-3H3/t8-/m0/s1. The Balaban J connectivity index is 2.45. The lowest BCUT2D eigenvalue weighted by molar-refractivity contribution is -0.139. The lowest BCUT2D eigenvalue weighted by atomic mass is 9.95. The Bertz CT molecular complexity index is 240. The molecule has 5 heteroatoms. The van der Waals surface area contributed by atoms with E-state index in [9.17, 15) is 9.59 Å². The number of hydrogen-bond donors (Lipinski definition) is 1. The maximum atomic E-state index is 11.7. The molecule has 1 rings (SSSR count). The van der Waals surface area contributed by atoms with E-state index in [0.717, 1.165) is 12.8 Å². The highest BCUT2D eigenvalue weighted by atomic mass is 16.2. The molecule has 0 aromatic rings. The fourth-order valence-corrected chi connectivity index (χ4v) is 2.00. The van der Waals surface area contributed by atoms with Crippen molar-refractivity contribution in [3.05, 3.63) is 0 Å². The Kier molecular flexibility index (Phi) is 4.29. The van der Waals surface area contributed by atoms with Crippen LogP contribution in [-0.4, -0.2) is 54.8 Å². The Hall–Kier alpha value is -1.10. The van der Waals surface area contributed by atoms with Crippen LogP contribution < -0.4 is 5.73 Å². The van der Waals surface area contributed by atoms with Gasteiger partial charge in [0.05, 0.1) is 6.04 Å². The third-order valence-corrected chi connectivity index (χ3v) is 2.99. The normalized spacial score (nSPS) is 19.4. The Morgan fingerprint density at radius 1 is 1.31 bits per heavy atom. The number of likely N-dealkylation sites (tertiary alicyclic amines) is 1. The summed E-state index contributed by atoms with van der Waals surface area (Å²) in [4.78, 5) is 26.7. The van der Waals surface area contributed by atoms with E-state index in [0.29, 0.717) is 13.1 Å². The molecule has 1 heterocycles. The van der Waals surface area contributed by atoms with E-state index in [-0.39, 0.29) is 17.7 Å². The summed E-state index contributed by atoms with van der Waals surface area (Å²) in [5.41, 5.74) is 5.54. The Morgan fingerprint density at radius 2 is 1.81 bits per heavy atom. The third-order valence-electron chi connectivity index (χ3n) is 2.99. The minimum atomic E-state index is -0.443. The molecule has 16 heavy (non-hydrogen) atoms. The molecule has 1 fully saturated rings.